The third-order valence-electron chi connectivity index (χ3n) is 8.99. The third kappa shape index (κ3) is 4.72. The molecule has 0 atom stereocenters. The molecule has 0 unspecified atom stereocenters. The molecular weight excluding hydrogens is 589 g/mol. The highest BCUT2D eigenvalue weighted by atomic mass is 32.1. The number of benzene rings is 8. The Morgan fingerprint density at radius 3 is 1.45 bits per heavy atom. The van der Waals surface area contributed by atoms with Gasteiger partial charge >= 0.3 is 0 Å². The van der Waals surface area contributed by atoms with E-state index < -0.39 is 0 Å². The molecule has 47 heavy (non-hydrogen) atoms. The van der Waals surface area contributed by atoms with Crippen LogP contribution < -0.4 is 9.80 Å². The Bertz CT molecular complexity index is 2460. The van der Waals surface area contributed by atoms with E-state index in [0.29, 0.717) is 0 Å². The minimum Gasteiger partial charge on any atom is -0.311 e. The van der Waals surface area contributed by atoms with Gasteiger partial charge in [-0.2, -0.15) is 0 Å². The van der Waals surface area contributed by atoms with Gasteiger partial charge in [0.05, 0.1) is 5.69 Å². The Kier molecular flexibility index (Phi) is 6.69. The molecule has 0 aliphatic carbocycles. The molecule has 0 radical (unpaired) electrons. The summed E-state index contributed by atoms with van der Waals surface area (Å²) >= 11 is 1.88. The highest BCUT2D eigenvalue weighted by Crippen LogP contribution is 2.50. The summed E-state index contributed by atoms with van der Waals surface area (Å²) in [6.07, 6.45) is 0. The Labute approximate surface area is 278 Å². The SMILES string of the molecule is c1ccc(N(c2ccccc2)c2ccc(N(c3ccccc3)c3c4ccc5ccccc5c4cc4sc5ccccc5c34)cc2)cc1. The summed E-state index contributed by atoms with van der Waals surface area (Å²) in [6, 6.07) is 65.5. The van der Waals surface area contributed by atoms with Crippen molar-refractivity contribution in [1.82, 2.24) is 0 Å². The number of thiophene rings is 1. The summed E-state index contributed by atoms with van der Waals surface area (Å²) in [4.78, 5) is 4.77. The lowest BCUT2D eigenvalue weighted by Crippen LogP contribution is -2.12. The van der Waals surface area contributed by atoms with Crippen molar-refractivity contribution in [2.75, 3.05) is 9.80 Å². The lowest BCUT2D eigenvalue weighted by molar-refractivity contribution is 1.27. The van der Waals surface area contributed by atoms with Crippen LogP contribution in [0.25, 0.3) is 41.7 Å². The maximum atomic E-state index is 2.46. The molecule has 0 fully saturated rings. The number of fused-ring (bicyclic) bond motifs is 6. The van der Waals surface area contributed by atoms with E-state index in [9.17, 15) is 0 Å². The summed E-state index contributed by atoms with van der Waals surface area (Å²) in [7, 11) is 0. The molecule has 9 rings (SSSR count). The van der Waals surface area contributed by atoms with E-state index in [0.717, 1.165) is 28.4 Å². The van der Waals surface area contributed by atoms with Gasteiger partial charge in [-0.15, -0.1) is 11.3 Å². The predicted octanol–water partition coefficient (Wildman–Crippen LogP) is 13.3. The Morgan fingerprint density at radius 1 is 0.319 bits per heavy atom. The average molecular weight is 619 g/mol. The van der Waals surface area contributed by atoms with Crippen LogP contribution in [0.15, 0.2) is 182 Å². The fraction of sp³-hybridized carbons (Fsp3) is 0. The van der Waals surface area contributed by atoms with Gasteiger partial charge < -0.3 is 9.80 Å². The van der Waals surface area contributed by atoms with E-state index in [-0.39, 0.29) is 0 Å². The number of para-hydroxylation sites is 3. The van der Waals surface area contributed by atoms with Crippen LogP contribution in [0.4, 0.5) is 34.1 Å². The number of anilines is 6. The van der Waals surface area contributed by atoms with Crippen molar-refractivity contribution in [2.45, 2.75) is 0 Å². The van der Waals surface area contributed by atoms with Crippen LogP contribution in [0.2, 0.25) is 0 Å². The largest absolute Gasteiger partial charge is 0.311 e. The van der Waals surface area contributed by atoms with Gasteiger partial charge in [-0.1, -0.05) is 109 Å². The molecule has 1 aromatic heterocycles. The smallest absolute Gasteiger partial charge is 0.0633 e. The van der Waals surface area contributed by atoms with E-state index in [4.69, 9.17) is 0 Å². The first-order valence-corrected chi connectivity index (χ1v) is 16.8. The second-order valence-electron chi connectivity index (χ2n) is 11.8. The number of rotatable bonds is 6. The lowest BCUT2D eigenvalue weighted by atomic mass is 9.96. The molecule has 0 amide bonds. The van der Waals surface area contributed by atoms with E-state index in [2.05, 4.69) is 192 Å². The average Bonchev–Trinajstić information content (AvgIpc) is 3.52. The maximum absolute atomic E-state index is 2.46. The molecule has 0 saturated carbocycles. The molecule has 0 spiro atoms. The van der Waals surface area contributed by atoms with Crippen LogP contribution in [-0.2, 0) is 0 Å². The number of nitrogens with zero attached hydrogens (tertiary/aromatic N) is 2. The van der Waals surface area contributed by atoms with Crippen molar-refractivity contribution in [3.63, 3.8) is 0 Å². The maximum Gasteiger partial charge on any atom is 0.0633 e. The van der Waals surface area contributed by atoms with Crippen LogP contribution >= 0.6 is 11.3 Å². The van der Waals surface area contributed by atoms with Gasteiger partial charge in [-0.25, -0.2) is 0 Å². The molecule has 0 N–H and O–H groups in total. The van der Waals surface area contributed by atoms with Gasteiger partial charge in [-0.05, 0) is 89.0 Å². The van der Waals surface area contributed by atoms with Crippen LogP contribution in [0.1, 0.15) is 0 Å². The van der Waals surface area contributed by atoms with Crippen LogP contribution in [-0.4, -0.2) is 0 Å². The van der Waals surface area contributed by atoms with Crippen LogP contribution in [0, 0.1) is 0 Å². The van der Waals surface area contributed by atoms with E-state index in [1.54, 1.807) is 0 Å². The fourth-order valence-electron chi connectivity index (χ4n) is 6.90. The zero-order valence-electron chi connectivity index (χ0n) is 25.6. The summed E-state index contributed by atoms with van der Waals surface area (Å²) in [5.74, 6) is 0. The minimum atomic E-state index is 1.11. The Balaban J connectivity index is 1.31. The van der Waals surface area contributed by atoms with Crippen molar-refractivity contribution in [1.29, 1.82) is 0 Å². The molecule has 3 heteroatoms. The van der Waals surface area contributed by atoms with Crippen molar-refractivity contribution in [3.05, 3.63) is 182 Å². The highest BCUT2D eigenvalue weighted by molar-refractivity contribution is 7.26. The third-order valence-corrected chi connectivity index (χ3v) is 10.1. The fourth-order valence-corrected chi connectivity index (χ4v) is 8.05. The standard InChI is InChI=1S/C44H30N2S/c1-4-15-32(16-5-1)45(33-17-6-2-7-18-33)35-25-27-36(28-26-35)46(34-19-8-3-9-20-34)44-38-29-24-31-14-10-11-21-37(31)40(38)30-42-43(44)39-22-12-13-23-41(39)47-42/h1-30H. The molecule has 0 aliphatic rings. The normalized spacial score (nSPS) is 11.4. The second kappa shape index (κ2) is 11.5. The topological polar surface area (TPSA) is 6.48 Å². The molecule has 0 aliphatic heterocycles. The summed E-state index contributed by atoms with van der Waals surface area (Å²) in [5, 5.41) is 7.61. The summed E-state index contributed by atoms with van der Waals surface area (Å²) in [5.41, 5.74) is 6.80. The molecule has 2 nitrogen and oxygen atoms in total. The molecule has 9 aromatic rings. The van der Waals surface area contributed by atoms with Crippen molar-refractivity contribution in [2.24, 2.45) is 0 Å². The van der Waals surface area contributed by atoms with E-state index in [1.165, 1.54) is 47.4 Å². The van der Waals surface area contributed by atoms with Crippen molar-refractivity contribution in [3.8, 4) is 0 Å². The molecule has 0 bridgehead atoms. The minimum absolute atomic E-state index is 1.11. The first kappa shape index (κ1) is 27.4. The Hall–Kier alpha value is -5.90. The summed E-state index contributed by atoms with van der Waals surface area (Å²) < 4.78 is 2.59. The van der Waals surface area contributed by atoms with Gasteiger partial charge in [0.2, 0.25) is 0 Å². The molecular formula is C44H30N2S. The Morgan fingerprint density at radius 2 is 0.809 bits per heavy atom. The van der Waals surface area contributed by atoms with Crippen molar-refractivity contribution < 1.29 is 0 Å². The quantitative estimate of drug-likeness (QED) is 0.171. The van der Waals surface area contributed by atoms with Crippen LogP contribution in [0.3, 0.4) is 0 Å². The van der Waals surface area contributed by atoms with E-state index in [1.807, 2.05) is 11.3 Å². The zero-order chi connectivity index (χ0) is 31.2. The number of hydrogen-bond donors (Lipinski definition) is 0. The zero-order valence-corrected chi connectivity index (χ0v) is 26.4. The van der Waals surface area contributed by atoms with Gasteiger partial charge in [0.1, 0.15) is 0 Å². The molecule has 222 valence electrons. The molecule has 1 heterocycles. The molecule has 0 saturated heterocycles. The second-order valence-corrected chi connectivity index (χ2v) is 12.9. The van der Waals surface area contributed by atoms with Gasteiger partial charge in [0.25, 0.3) is 0 Å². The molecule has 8 aromatic carbocycles. The van der Waals surface area contributed by atoms with Gasteiger partial charge in [0, 0.05) is 54.0 Å². The highest BCUT2D eigenvalue weighted by Gasteiger charge is 2.23. The van der Waals surface area contributed by atoms with Gasteiger partial charge in [0.15, 0.2) is 0 Å². The predicted molar refractivity (Wildman–Crippen MR) is 204 cm³/mol. The van der Waals surface area contributed by atoms with E-state index >= 15 is 0 Å². The van der Waals surface area contributed by atoms with Crippen LogP contribution in [0.5, 0.6) is 0 Å². The first-order valence-electron chi connectivity index (χ1n) is 15.9. The lowest BCUT2D eigenvalue weighted by Gasteiger charge is -2.30. The monoisotopic (exact) mass is 618 g/mol. The summed E-state index contributed by atoms with van der Waals surface area (Å²) in [6.45, 7) is 0. The number of hydrogen-bond acceptors (Lipinski definition) is 3. The van der Waals surface area contributed by atoms with Gasteiger partial charge in [-0.3, -0.25) is 0 Å². The first-order chi connectivity index (χ1) is 23.3. The van der Waals surface area contributed by atoms with Crippen molar-refractivity contribution >= 4 is 87.2 Å².